The zero-order valence-electron chi connectivity index (χ0n) is 13.4. The topological polar surface area (TPSA) is 117 Å². The van der Waals surface area contributed by atoms with Gasteiger partial charge in [-0.15, -0.1) is 0 Å². The first-order valence-electron chi connectivity index (χ1n) is 6.85. The molecule has 0 bridgehead atoms. The summed E-state index contributed by atoms with van der Waals surface area (Å²) in [6.07, 6.45) is 3.90. The van der Waals surface area contributed by atoms with E-state index in [1.165, 1.54) is 25.7 Å². The van der Waals surface area contributed by atoms with E-state index in [9.17, 15) is 13.2 Å². The van der Waals surface area contributed by atoms with Gasteiger partial charge in [-0.25, -0.2) is 14.7 Å². The molecule has 1 heterocycles. The Labute approximate surface area is 144 Å². The van der Waals surface area contributed by atoms with Crippen LogP contribution in [0.5, 0.6) is 11.6 Å². The molecule has 2 rings (SSSR count). The van der Waals surface area contributed by atoms with Crippen molar-refractivity contribution in [1.29, 1.82) is 0 Å². The first kappa shape index (κ1) is 18.4. The minimum Gasteiger partial charge on any atom is -0.504 e. The molecular formula is C15H15N3O6S. The zero-order chi connectivity index (χ0) is 18.3. The summed E-state index contributed by atoms with van der Waals surface area (Å²) >= 11 is 0. The van der Waals surface area contributed by atoms with Gasteiger partial charge in [-0.1, -0.05) is 18.2 Å². The number of hydrogen-bond donors (Lipinski definition) is 1. The molecule has 0 aliphatic rings. The first-order valence-corrected chi connectivity index (χ1v) is 8.26. The number of methoxy groups -OCH3 is 1. The van der Waals surface area contributed by atoms with Crippen molar-refractivity contribution >= 4 is 21.8 Å². The van der Waals surface area contributed by atoms with Crippen molar-refractivity contribution in [2.45, 2.75) is 0 Å². The minimum absolute atomic E-state index is 0.0761. The monoisotopic (exact) mass is 365 g/mol. The molecule has 0 spiro atoms. The number of aromatic nitrogens is 2. The van der Waals surface area contributed by atoms with Crippen molar-refractivity contribution in [3.8, 4) is 11.6 Å². The van der Waals surface area contributed by atoms with Gasteiger partial charge in [0.15, 0.2) is 0 Å². The number of para-hydroxylation sites is 1. The molecule has 25 heavy (non-hydrogen) atoms. The standard InChI is InChI=1S/C15H15N3O6S/c1-22-9-12(15(19)18-25(20,21)23-2)11-5-3-4-6-13(11)24-14-7-8-16-10-17-14/h3-10H,1-2H3,(H,18,19)/b12-9+. The second-order valence-corrected chi connectivity index (χ2v) is 5.91. The smallest absolute Gasteiger partial charge is 0.362 e. The predicted octanol–water partition coefficient (Wildman–Crippen LogP) is 1.26. The highest BCUT2D eigenvalue weighted by Gasteiger charge is 2.22. The lowest BCUT2D eigenvalue weighted by molar-refractivity contribution is -0.114. The fourth-order valence-electron chi connectivity index (χ4n) is 1.80. The van der Waals surface area contributed by atoms with E-state index in [4.69, 9.17) is 9.47 Å². The van der Waals surface area contributed by atoms with Crippen LogP contribution in [0.1, 0.15) is 5.56 Å². The highest BCUT2D eigenvalue weighted by atomic mass is 32.2. The fraction of sp³-hybridized carbons (Fsp3) is 0.133. The molecule has 1 aromatic heterocycles. The molecular weight excluding hydrogens is 350 g/mol. The summed E-state index contributed by atoms with van der Waals surface area (Å²) in [5.41, 5.74) is 0.222. The second kappa shape index (κ2) is 8.22. The van der Waals surface area contributed by atoms with Crippen molar-refractivity contribution < 1.29 is 26.9 Å². The molecule has 0 aliphatic heterocycles. The highest BCUT2D eigenvalue weighted by Crippen LogP contribution is 2.29. The molecule has 0 fully saturated rings. The lowest BCUT2D eigenvalue weighted by Gasteiger charge is -2.13. The summed E-state index contributed by atoms with van der Waals surface area (Å²) in [6, 6.07) is 8.05. The quantitative estimate of drug-likeness (QED) is 0.576. The van der Waals surface area contributed by atoms with Gasteiger partial charge in [0.05, 0.1) is 26.1 Å². The molecule has 0 unspecified atom stereocenters. The molecule has 132 valence electrons. The van der Waals surface area contributed by atoms with Gasteiger partial charge >= 0.3 is 10.3 Å². The second-order valence-electron chi connectivity index (χ2n) is 4.47. The van der Waals surface area contributed by atoms with Crippen LogP contribution in [0, 0.1) is 0 Å². The van der Waals surface area contributed by atoms with Crippen LogP contribution in [-0.4, -0.2) is 38.5 Å². The largest absolute Gasteiger partial charge is 0.504 e. The van der Waals surface area contributed by atoms with Crippen LogP contribution >= 0.6 is 0 Å². The summed E-state index contributed by atoms with van der Waals surface area (Å²) in [4.78, 5) is 20.0. The van der Waals surface area contributed by atoms with Crippen LogP contribution in [0.25, 0.3) is 5.57 Å². The van der Waals surface area contributed by atoms with Crippen LogP contribution in [-0.2, 0) is 24.0 Å². The number of nitrogens with zero attached hydrogens (tertiary/aromatic N) is 2. The number of amides is 1. The van der Waals surface area contributed by atoms with Crippen molar-refractivity contribution in [2.24, 2.45) is 0 Å². The minimum atomic E-state index is -4.22. The van der Waals surface area contributed by atoms with Crippen molar-refractivity contribution in [3.63, 3.8) is 0 Å². The Balaban J connectivity index is 2.39. The molecule has 9 nitrogen and oxygen atoms in total. The van der Waals surface area contributed by atoms with Gasteiger partial charge in [-0.05, 0) is 6.07 Å². The van der Waals surface area contributed by atoms with Gasteiger partial charge < -0.3 is 9.47 Å². The van der Waals surface area contributed by atoms with Crippen molar-refractivity contribution in [3.05, 3.63) is 54.7 Å². The number of hydrogen-bond acceptors (Lipinski definition) is 8. The van der Waals surface area contributed by atoms with Gasteiger partial charge in [0.1, 0.15) is 12.1 Å². The summed E-state index contributed by atoms with van der Waals surface area (Å²) < 4.78 is 39.4. The van der Waals surface area contributed by atoms with E-state index in [1.54, 1.807) is 29.0 Å². The molecule has 10 heteroatoms. The molecule has 0 saturated heterocycles. The lowest BCUT2D eigenvalue weighted by Crippen LogP contribution is -2.32. The van der Waals surface area contributed by atoms with Gasteiger partial charge in [0.25, 0.3) is 5.91 Å². The lowest BCUT2D eigenvalue weighted by atomic mass is 10.1. The molecule has 0 radical (unpaired) electrons. The normalized spacial score (nSPS) is 11.7. The van der Waals surface area contributed by atoms with Gasteiger partial charge in [-0.2, -0.15) is 8.42 Å². The molecule has 1 N–H and O–H groups in total. The molecule has 1 aromatic carbocycles. The first-order chi connectivity index (χ1) is 12.0. The van der Waals surface area contributed by atoms with Crippen LogP contribution < -0.4 is 9.46 Å². The van der Waals surface area contributed by atoms with E-state index in [0.29, 0.717) is 5.56 Å². The summed E-state index contributed by atoms with van der Waals surface area (Å²) in [6.45, 7) is 0. The number of ether oxygens (including phenoxy) is 2. The van der Waals surface area contributed by atoms with Crippen LogP contribution in [0.3, 0.4) is 0 Å². The molecule has 0 atom stereocenters. The Hall–Kier alpha value is -2.98. The van der Waals surface area contributed by atoms with E-state index >= 15 is 0 Å². The molecule has 1 amide bonds. The third kappa shape index (κ3) is 4.99. The van der Waals surface area contributed by atoms with E-state index < -0.39 is 16.2 Å². The summed E-state index contributed by atoms with van der Waals surface area (Å²) in [5, 5.41) is 0. The number of rotatable bonds is 7. The van der Waals surface area contributed by atoms with Crippen molar-refractivity contribution in [1.82, 2.24) is 14.7 Å². The molecule has 2 aromatic rings. The van der Waals surface area contributed by atoms with Crippen LogP contribution in [0.4, 0.5) is 0 Å². The maximum atomic E-state index is 12.3. The highest BCUT2D eigenvalue weighted by molar-refractivity contribution is 7.85. The Morgan fingerprint density at radius 3 is 2.60 bits per heavy atom. The Morgan fingerprint density at radius 2 is 1.96 bits per heavy atom. The Morgan fingerprint density at radius 1 is 1.20 bits per heavy atom. The Kier molecular flexibility index (Phi) is 6.03. The van der Waals surface area contributed by atoms with E-state index in [-0.39, 0.29) is 17.2 Å². The van der Waals surface area contributed by atoms with Gasteiger partial charge in [0.2, 0.25) is 5.88 Å². The van der Waals surface area contributed by atoms with Crippen LogP contribution in [0.2, 0.25) is 0 Å². The van der Waals surface area contributed by atoms with E-state index in [2.05, 4.69) is 14.2 Å². The number of nitrogens with one attached hydrogen (secondary N) is 1. The number of carbonyl (C=O) groups is 1. The number of benzene rings is 1. The maximum absolute atomic E-state index is 12.3. The van der Waals surface area contributed by atoms with E-state index in [0.717, 1.165) is 13.4 Å². The molecule has 0 saturated carbocycles. The number of carbonyl (C=O) groups excluding carboxylic acids is 1. The zero-order valence-corrected chi connectivity index (χ0v) is 14.2. The van der Waals surface area contributed by atoms with Crippen molar-refractivity contribution in [2.75, 3.05) is 14.2 Å². The third-order valence-electron chi connectivity index (χ3n) is 2.86. The maximum Gasteiger partial charge on any atom is 0.362 e. The van der Waals surface area contributed by atoms with E-state index in [1.807, 2.05) is 0 Å². The third-order valence-corrected chi connectivity index (χ3v) is 3.74. The average molecular weight is 365 g/mol. The summed E-state index contributed by atoms with van der Waals surface area (Å²) in [5.74, 6) is -0.416. The fourth-order valence-corrected chi connectivity index (χ4v) is 2.22. The average Bonchev–Trinajstić information content (AvgIpc) is 2.61. The van der Waals surface area contributed by atoms with Crippen LogP contribution in [0.15, 0.2) is 49.1 Å². The SMILES string of the molecule is CO/C=C(/C(=O)NS(=O)(=O)OC)c1ccccc1Oc1ccncn1. The predicted molar refractivity (Wildman–Crippen MR) is 87.6 cm³/mol. The summed E-state index contributed by atoms with van der Waals surface area (Å²) in [7, 11) is -1.96. The molecule has 0 aliphatic carbocycles. The Bertz CT molecular complexity index is 868. The van der Waals surface area contributed by atoms with Gasteiger partial charge in [-0.3, -0.25) is 8.98 Å². The van der Waals surface area contributed by atoms with Gasteiger partial charge in [0, 0.05) is 17.8 Å².